The van der Waals surface area contributed by atoms with Crippen molar-refractivity contribution >= 4 is 17.6 Å². The summed E-state index contributed by atoms with van der Waals surface area (Å²) in [5.41, 5.74) is 2.97. The lowest BCUT2D eigenvalue weighted by Crippen LogP contribution is -2.30. The summed E-state index contributed by atoms with van der Waals surface area (Å²) in [5.74, 6) is -0.948. The highest BCUT2D eigenvalue weighted by Crippen LogP contribution is 2.13. The number of aryl methyl sites for hydroxylation is 1. The van der Waals surface area contributed by atoms with E-state index in [0.29, 0.717) is 11.3 Å². The SMILES string of the molecule is CCc1ccc(NC(=O)[C@H](C)OC(=O)c2ccc(-n3cncn3)cc2)cc1. The van der Waals surface area contributed by atoms with Crippen LogP contribution in [-0.4, -0.2) is 32.7 Å². The van der Waals surface area contributed by atoms with Gasteiger partial charge < -0.3 is 10.1 Å². The number of nitrogens with one attached hydrogen (secondary N) is 1. The summed E-state index contributed by atoms with van der Waals surface area (Å²) in [7, 11) is 0. The van der Waals surface area contributed by atoms with Gasteiger partial charge in [-0.1, -0.05) is 19.1 Å². The molecule has 138 valence electrons. The lowest BCUT2D eigenvalue weighted by atomic mass is 10.1. The summed E-state index contributed by atoms with van der Waals surface area (Å²) in [6, 6.07) is 14.2. The summed E-state index contributed by atoms with van der Waals surface area (Å²) in [5, 5.41) is 6.76. The number of benzene rings is 2. The fraction of sp³-hybridized carbons (Fsp3) is 0.200. The second-order valence-corrected chi connectivity index (χ2v) is 5.97. The van der Waals surface area contributed by atoms with E-state index in [0.717, 1.165) is 12.1 Å². The zero-order chi connectivity index (χ0) is 19.2. The first-order chi connectivity index (χ1) is 13.1. The average Bonchev–Trinajstić information content (AvgIpc) is 3.23. The molecule has 1 amide bonds. The van der Waals surface area contributed by atoms with E-state index in [4.69, 9.17) is 4.74 Å². The van der Waals surface area contributed by atoms with Gasteiger partial charge in [-0.2, -0.15) is 5.10 Å². The van der Waals surface area contributed by atoms with E-state index >= 15 is 0 Å². The molecule has 7 heteroatoms. The molecular weight excluding hydrogens is 344 g/mol. The Labute approximate surface area is 157 Å². The lowest BCUT2D eigenvalue weighted by Gasteiger charge is -2.14. The molecule has 1 N–H and O–H groups in total. The molecule has 0 fully saturated rings. The predicted octanol–water partition coefficient (Wildman–Crippen LogP) is 3.01. The molecule has 0 saturated heterocycles. The monoisotopic (exact) mass is 364 g/mol. The molecule has 0 saturated carbocycles. The summed E-state index contributed by atoms with van der Waals surface area (Å²) >= 11 is 0. The van der Waals surface area contributed by atoms with Crippen LogP contribution >= 0.6 is 0 Å². The Kier molecular flexibility index (Phi) is 5.61. The minimum absolute atomic E-state index is 0.353. The van der Waals surface area contributed by atoms with Gasteiger partial charge in [0.25, 0.3) is 5.91 Å². The standard InChI is InChI=1S/C20H20N4O3/c1-3-15-4-8-17(9-5-15)23-19(25)14(2)27-20(26)16-6-10-18(11-7-16)24-13-21-12-22-24/h4-14H,3H2,1-2H3,(H,23,25)/t14-/m0/s1. The van der Waals surface area contributed by atoms with Crippen LogP contribution < -0.4 is 5.32 Å². The molecule has 1 aromatic heterocycles. The predicted molar refractivity (Wildman–Crippen MR) is 101 cm³/mol. The van der Waals surface area contributed by atoms with Gasteiger partial charge in [-0.05, 0) is 55.3 Å². The molecule has 0 bridgehead atoms. The number of carbonyl (C=O) groups is 2. The minimum Gasteiger partial charge on any atom is -0.449 e. The summed E-state index contributed by atoms with van der Waals surface area (Å²) in [6.45, 7) is 3.60. The number of carbonyl (C=O) groups excluding carboxylic acids is 2. The van der Waals surface area contributed by atoms with Gasteiger partial charge in [-0.3, -0.25) is 4.79 Å². The molecule has 27 heavy (non-hydrogen) atoms. The van der Waals surface area contributed by atoms with Crippen molar-refractivity contribution in [3.63, 3.8) is 0 Å². The van der Waals surface area contributed by atoms with Crippen LogP contribution in [-0.2, 0) is 16.0 Å². The van der Waals surface area contributed by atoms with Gasteiger partial charge in [-0.25, -0.2) is 14.5 Å². The van der Waals surface area contributed by atoms with Crippen molar-refractivity contribution in [1.82, 2.24) is 14.8 Å². The Balaban J connectivity index is 1.58. The topological polar surface area (TPSA) is 86.1 Å². The van der Waals surface area contributed by atoms with E-state index in [1.54, 1.807) is 35.3 Å². The van der Waals surface area contributed by atoms with Gasteiger partial charge in [0.15, 0.2) is 6.10 Å². The van der Waals surface area contributed by atoms with Gasteiger partial charge in [-0.15, -0.1) is 0 Å². The van der Waals surface area contributed by atoms with Crippen LogP contribution in [0.4, 0.5) is 5.69 Å². The molecule has 0 unspecified atom stereocenters. The van der Waals surface area contributed by atoms with Crippen molar-refractivity contribution in [2.45, 2.75) is 26.4 Å². The van der Waals surface area contributed by atoms with E-state index in [1.165, 1.54) is 18.8 Å². The number of esters is 1. The van der Waals surface area contributed by atoms with Crippen molar-refractivity contribution in [3.05, 3.63) is 72.3 Å². The quantitative estimate of drug-likeness (QED) is 0.680. The Morgan fingerprint density at radius 2 is 1.81 bits per heavy atom. The second kappa shape index (κ2) is 8.27. The Bertz CT molecular complexity index is 903. The van der Waals surface area contributed by atoms with E-state index in [-0.39, 0.29) is 5.91 Å². The van der Waals surface area contributed by atoms with Crippen LogP contribution in [0.1, 0.15) is 29.8 Å². The fourth-order valence-corrected chi connectivity index (χ4v) is 2.44. The number of ether oxygens (including phenoxy) is 1. The average molecular weight is 364 g/mol. The first-order valence-corrected chi connectivity index (χ1v) is 8.62. The number of anilines is 1. The molecule has 0 aliphatic carbocycles. The van der Waals surface area contributed by atoms with E-state index in [2.05, 4.69) is 22.3 Å². The van der Waals surface area contributed by atoms with Crippen molar-refractivity contribution in [3.8, 4) is 5.69 Å². The van der Waals surface area contributed by atoms with Gasteiger partial charge >= 0.3 is 5.97 Å². The van der Waals surface area contributed by atoms with E-state index < -0.39 is 12.1 Å². The minimum atomic E-state index is -0.918. The first kappa shape index (κ1) is 18.3. The molecule has 0 aliphatic rings. The van der Waals surface area contributed by atoms with Crippen LogP contribution in [0.15, 0.2) is 61.2 Å². The maximum Gasteiger partial charge on any atom is 0.338 e. The molecule has 3 aromatic rings. The van der Waals surface area contributed by atoms with E-state index in [9.17, 15) is 9.59 Å². The third kappa shape index (κ3) is 4.58. The van der Waals surface area contributed by atoms with Crippen molar-refractivity contribution < 1.29 is 14.3 Å². The molecule has 1 heterocycles. The van der Waals surface area contributed by atoms with Crippen LogP contribution in [0.25, 0.3) is 5.69 Å². The molecule has 3 rings (SSSR count). The first-order valence-electron chi connectivity index (χ1n) is 8.62. The summed E-state index contributed by atoms with van der Waals surface area (Å²) in [6.07, 6.45) is 3.00. The number of aromatic nitrogens is 3. The Morgan fingerprint density at radius 3 is 2.41 bits per heavy atom. The van der Waals surface area contributed by atoms with E-state index in [1.807, 2.05) is 24.3 Å². The number of hydrogen-bond acceptors (Lipinski definition) is 5. The lowest BCUT2D eigenvalue weighted by molar-refractivity contribution is -0.123. The van der Waals surface area contributed by atoms with Crippen molar-refractivity contribution in [2.24, 2.45) is 0 Å². The normalized spacial score (nSPS) is 11.6. The van der Waals surface area contributed by atoms with Crippen LogP contribution in [0, 0.1) is 0 Å². The van der Waals surface area contributed by atoms with Crippen LogP contribution in [0.2, 0.25) is 0 Å². The van der Waals surface area contributed by atoms with Gasteiger partial charge in [0.05, 0.1) is 11.3 Å². The van der Waals surface area contributed by atoms with Crippen molar-refractivity contribution in [1.29, 1.82) is 0 Å². The number of amides is 1. The number of rotatable bonds is 6. The highest BCUT2D eigenvalue weighted by molar-refractivity contribution is 5.97. The second-order valence-electron chi connectivity index (χ2n) is 5.97. The fourth-order valence-electron chi connectivity index (χ4n) is 2.44. The van der Waals surface area contributed by atoms with Crippen LogP contribution in [0.3, 0.4) is 0 Å². The summed E-state index contributed by atoms with van der Waals surface area (Å²) < 4.78 is 6.84. The van der Waals surface area contributed by atoms with Gasteiger partial charge in [0.2, 0.25) is 0 Å². The molecular formula is C20H20N4O3. The Morgan fingerprint density at radius 1 is 1.11 bits per heavy atom. The smallest absolute Gasteiger partial charge is 0.338 e. The molecule has 0 spiro atoms. The highest BCUT2D eigenvalue weighted by Gasteiger charge is 2.19. The molecule has 0 radical (unpaired) electrons. The molecule has 7 nitrogen and oxygen atoms in total. The zero-order valence-electron chi connectivity index (χ0n) is 15.1. The van der Waals surface area contributed by atoms with Crippen molar-refractivity contribution in [2.75, 3.05) is 5.32 Å². The summed E-state index contributed by atoms with van der Waals surface area (Å²) in [4.78, 5) is 28.4. The molecule has 2 aromatic carbocycles. The third-order valence-electron chi connectivity index (χ3n) is 4.07. The third-order valence-corrected chi connectivity index (χ3v) is 4.07. The van der Waals surface area contributed by atoms with Gasteiger partial charge in [0.1, 0.15) is 12.7 Å². The number of hydrogen-bond donors (Lipinski definition) is 1. The maximum absolute atomic E-state index is 12.3. The zero-order valence-corrected chi connectivity index (χ0v) is 15.1. The van der Waals surface area contributed by atoms with Crippen LogP contribution in [0.5, 0.6) is 0 Å². The van der Waals surface area contributed by atoms with Gasteiger partial charge in [0, 0.05) is 5.69 Å². The molecule has 0 aliphatic heterocycles. The Hall–Kier alpha value is -3.48. The largest absolute Gasteiger partial charge is 0.449 e. The highest BCUT2D eigenvalue weighted by atomic mass is 16.5. The maximum atomic E-state index is 12.3. The molecule has 1 atom stereocenters. The number of nitrogens with zero attached hydrogens (tertiary/aromatic N) is 3.